The molecule has 1 aliphatic carbocycles. The van der Waals surface area contributed by atoms with Gasteiger partial charge in [-0.2, -0.15) is 0 Å². The van der Waals surface area contributed by atoms with Crippen molar-refractivity contribution in [2.45, 2.75) is 18.9 Å². The van der Waals surface area contributed by atoms with Crippen molar-refractivity contribution in [2.75, 3.05) is 26.8 Å². The minimum Gasteiger partial charge on any atom is -0.383 e. The molecule has 104 valence electrons. The summed E-state index contributed by atoms with van der Waals surface area (Å²) in [6, 6.07) is 2.38. The number of hydrogen-bond donors (Lipinski definition) is 0. The first-order valence-electron chi connectivity index (χ1n) is 6.44. The number of rotatable bonds is 7. The van der Waals surface area contributed by atoms with Crippen LogP contribution in [-0.4, -0.2) is 42.2 Å². The van der Waals surface area contributed by atoms with Crippen molar-refractivity contribution < 1.29 is 9.53 Å². The van der Waals surface area contributed by atoms with Crippen LogP contribution >= 0.6 is 15.9 Å². The van der Waals surface area contributed by atoms with Crippen LogP contribution in [0, 0.1) is 0 Å². The van der Waals surface area contributed by atoms with Crippen molar-refractivity contribution in [3.05, 3.63) is 35.1 Å². The van der Waals surface area contributed by atoms with Crippen molar-refractivity contribution in [1.29, 1.82) is 0 Å². The van der Waals surface area contributed by atoms with Crippen molar-refractivity contribution in [3.8, 4) is 0 Å². The van der Waals surface area contributed by atoms with Gasteiger partial charge in [0, 0.05) is 36.9 Å². The second kappa shape index (κ2) is 6.39. The molecule has 2 rings (SSSR count). The second-order valence-electron chi connectivity index (χ2n) is 4.71. The first-order valence-corrected chi connectivity index (χ1v) is 7.23. The van der Waals surface area contributed by atoms with E-state index in [1.165, 1.54) is 0 Å². The number of ether oxygens (including phenoxy) is 1. The molecule has 4 nitrogen and oxygen atoms in total. The average Bonchev–Trinajstić information content (AvgIpc) is 3.17. The van der Waals surface area contributed by atoms with Crippen LogP contribution in [0.15, 0.2) is 29.4 Å². The van der Waals surface area contributed by atoms with Gasteiger partial charge in [-0.15, -0.1) is 6.58 Å². The van der Waals surface area contributed by atoms with Gasteiger partial charge in [-0.25, -0.2) is 0 Å². The fourth-order valence-corrected chi connectivity index (χ4v) is 2.50. The summed E-state index contributed by atoms with van der Waals surface area (Å²) >= 11 is 3.45. The predicted molar refractivity (Wildman–Crippen MR) is 78.4 cm³/mol. The van der Waals surface area contributed by atoms with Crippen LogP contribution in [0.4, 0.5) is 0 Å². The third kappa shape index (κ3) is 3.48. The molecular formula is C14H19BrN2O2. The van der Waals surface area contributed by atoms with E-state index < -0.39 is 0 Å². The monoisotopic (exact) mass is 326 g/mol. The Morgan fingerprint density at radius 3 is 3.00 bits per heavy atom. The van der Waals surface area contributed by atoms with Gasteiger partial charge in [-0.05, 0) is 34.8 Å². The lowest BCUT2D eigenvalue weighted by molar-refractivity contribution is 0.0707. The number of methoxy groups -OCH3 is 1. The third-order valence-corrected chi connectivity index (χ3v) is 3.61. The summed E-state index contributed by atoms with van der Waals surface area (Å²) in [6.07, 6.45) is 6.04. The summed E-state index contributed by atoms with van der Waals surface area (Å²) in [5, 5.41) is 0. The lowest BCUT2D eigenvalue weighted by Crippen LogP contribution is -2.35. The smallest absolute Gasteiger partial charge is 0.270 e. The van der Waals surface area contributed by atoms with Crippen LogP contribution in [0.1, 0.15) is 29.4 Å². The molecule has 0 bridgehead atoms. The molecule has 1 fully saturated rings. The zero-order valence-corrected chi connectivity index (χ0v) is 12.7. The van der Waals surface area contributed by atoms with E-state index in [0.29, 0.717) is 25.7 Å². The molecule has 0 spiro atoms. The van der Waals surface area contributed by atoms with E-state index in [-0.39, 0.29) is 5.91 Å². The summed E-state index contributed by atoms with van der Waals surface area (Å²) in [6.45, 7) is 5.36. The quantitative estimate of drug-likeness (QED) is 0.722. The molecule has 0 aliphatic heterocycles. The zero-order valence-electron chi connectivity index (χ0n) is 11.1. The lowest BCUT2D eigenvalue weighted by atomic mass is 10.3. The Labute approximate surface area is 122 Å². The van der Waals surface area contributed by atoms with Gasteiger partial charge < -0.3 is 14.2 Å². The predicted octanol–water partition coefficient (Wildman–Crippen LogP) is 2.86. The number of aromatic nitrogens is 1. The minimum absolute atomic E-state index is 0.0366. The van der Waals surface area contributed by atoms with Gasteiger partial charge in [0.2, 0.25) is 0 Å². The van der Waals surface area contributed by atoms with E-state index in [9.17, 15) is 4.79 Å². The Morgan fingerprint density at radius 1 is 1.68 bits per heavy atom. The van der Waals surface area contributed by atoms with Crippen LogP contribution in [0.25, 0.3) is 0 Å². The van der Waals surface area contributed by atoms with Gasteiger partial charge in [0.25, 0.3) is 5.91 Å². The molecule has 0 N–H and O–H groups in total. The molecule has 1 aromatic rings. The minimum atomic E-state index is 0.0366. The van der Waals surface area contributed by atoms with E-state index in [1.807, 2.05) is 12.3 Å². The van der Waals surface area contributed by atoms with Gasteiger partial charge in [0.1, 0.15) is 5.69 Å². The number of hydrogen-bond acceptors (Lipinski definition) is 2. The molecule has 19 heavy (non-hydrogen) atoms. The van der Waals surface area contributed by atoms with Gasteiger partial charge in [0.05, 0.1) is 6.61 Å². The lowest BCUT2D eigenvalue weighted by Gasteiger charge is -2.21. The number of halogens is 1. The molecule has 1 aliphatic rings. The number of carbonyl (C=O) groups is 1. The van der Waals surface area contributed by atoms with Crippen LogP contribution in [-0.2, 0) is 4.74 Å². The fourth-order valence-electron chi connectivity index (χ4n) is 2.07. The van der Waals surface area contributed by atoms with Gasteiger partial charge in [-0.1, -0.05) is 6.08 Å². The van der Waals surface area contributed by atoms with Crippen molar-refractivity contribution in [1.82, 2.24) is 9.47 Å². The molecule has 5 heteroatoms. The molecule has 1 saturated carbocycles. The molecule has 0 radical (unpaired) electrons. The van der Waals surface area contributed by atoms with E-state index >= 15 is 0 Å². The van der Waals surface area contributed by atoms with E-state index in [2.05, 4.69) is 27.1 Å². The van der Waals surface area contributed by atoms with Crippen LogP contribution < -0.4 is 0 Å². The van der Waals surface area contributed by atoms with Gasteiger partial charge >= 0.3 is 0 Å². The van der Waals surface area contributed by atoms with Crippen LogP contribution in [0.2, 0.25) is 0 Å². The summed E-state index contributed by atoms with van der Waals surface area (Å²) < 4.78 is 8.09. The summed E-state index contributed by atoms with van der Waals surface area (Å²) in [5.41, 5.74) is 0.743. The molecular weight excluding hydrogens is 308 g/mol. The molecule has 0 aromatic carbocycles. The highest BCUT2D eigenvalue weighted by Crippen LogP contribution is 2.37. The van der Waals surface area contributed by atoms with E-state index in [0.717, 1.165) is 23.0 Å². The number of carbonyl (C=O) groups excluding carboxylic acids is 1. The van der Waals surface area contributed by atoms with Crippen molar-refractivity contribution in [2.24, 2.45) is 0 Å². The molecule has 1 amide bonds. The molecule has 1 heterocycles. The van der Waals surface area contributed by atoms with Crippen LogP contribution in [0.3, 0.4) is 0 Å². The summed E-state index contributed by atoms with van der Waals surface area (Å²) in [4.78, 5) is 14.3. The fraction of sp³-hybridized carbons (Fsp3) is 0.500. The second-order valence-corrected chi connectivity index (χ2v) is 5.63. The highest BCUT2D eigenvalue weighted by molar-refractivity contribution is 9.10. The zero-order chi connectivity index (χ0) is 13.8. The number of amides is 1. The number of nitrogens with zero attached hydrogens (tertiary/aromatic N) is 2. The molecule has 0 saturated heterocycles. The normalized spacial score (nSPS) is 14.4. The maximum absolute atomic E-state index is 12.6. The molecule has 0 unspecified atom stereocenters. The summed E-state index contributed by atoms with van der Waals surface area (Å²) in [7, 11) is 1.64. The Bertz CT molecular complexity index is 466. The average molecular weight is 327 g/mol. The SMILES string of the molecule is C=CCN(CCOC)C(=O)c1cc(Br)cn1C1CC1. The van der Waals surface area contributed by atoms with E-state index in [1.54, 1.807) is 18.1 Å². The van der Waals surface area contributed by atoms with Crippen LogP contribution in [0.5, 0.6) is 0 Å². The Kier molecular flexibility index (Phi) is 4.82. The van der Waals surface area contributed by atoms with Crippen molar-refractivity contribution >= 4 is 21.8 Å². The first-order chi connectivity index (χ1) is 9.17. The maximum Gasteiger partial charge on any atom is 0.270 e. The highest BCUT2D eigenvalue weighted by atomic mass is 79.9. The van der Waals surface area contributed by atoms with Gasteiger partial charge in [-0.3, -0.25) is 4.79 Å². The molecule has 0 atom stereocenters. The Hall–Kier alpha value is -1.07. The Morgan fingerprint density at radius 2 is 2.42 bits per heavy atom. The maximum atomic E-state index is 12.6. The molecule has 1 aromatic heterocycles. The highest BCUT2D eigenvalue weighted by Gasteiger charge is 2.29. The first kappa shape index (κ1) is 14.3. The van der Waals surface area contributed by atoms with Gasteiger partial charge in [0.15, 0.2) is 0 Å². The third-order valence-electron chi connectivity index (χ3n) is 3.18. The van der Waals surface area contributed by atoms with Crippen molar-refractivity contribution in [3.63, 3.8) is 0 Å². The largest absolute Gasteiger partial charge is 0.383 e. The van der Waals surface area contributed by atoms with E-state index in [4.69, 9.17) is 4.74 Å². The summed E-state index contributed by atoms with van der Waals surface area (Å²) in [5.74, 6) is 0.0366. The topological polar surface area (TPSA) is 34.5 Å². The standard InChI is InChI=1S/C14H19BrN2O2/c1-3-6-16(7-8-19-2)14(18)13-9-11(15)10-17(13)12-4-5-12/h3,9-10,12H,1,4-8H2,2H3. The Balaban J connectivity index is 2.17.